The van der Waals surface area contributed by atoms with Crippen molar-refractivity contribution in [3.05, 3.63) is 82.4 Å². The summed E-state index contributed by atoms with van der Waals surface area (Å²) in [6.45, 7) is 3.65. The average molecular weight is 439 g/mol. The summed E-state index contributed by atoms with van der Waals surface area (Å²) >= 11 is 5.90. The smallest absolute Gasteiger partial charge is 0.255 e. The van der Waals surface area contributed by atoms with Gasteiger partial charge in [0.2, 0.25) is 5.91 Å². The van der Waals surface area contributed by atoms with E-state index in [4.69, 9.17) is 21.1 Å². The molecule has 6 nitrogen and oxygen atoms in total. The van der Waals surface area contributed by atoms with Crippen LogP contribution >= 0.6 is 11.6 Å². The highest BCUT2D eigenvalue weighted by Gasteiger charge is 2.13. The zero-order valence-electron chi connectivity index (χ0n) is 17.5. The molecule has 160 valence electrons. The van der Waals surface area contributed by atoms with E-state index in [9.17, 15) is 9.59 Å². The number of aryl methyl sites for hydroxylation is 1. The molecule has 0 radical (unpaired) electrons. The van der Waals surface area contributed by atoms with E-state index in [0.29, 0.717) is 40.1 Å². The lowest BCUT2D eigenvalue weighted by atomic mass is 10.1. The molecule has 0 saturated carbocycles. The van der Waals surface area contributed by atoms with Crippen molar-refractivity contribution in [1.29, 1.82) is 0 Å². The molecule has 7 heteroatoms. The highest BCUT2D eigenvalue weighted by molar-refractivity contribution is 6.30. The number of rotatable bonds is 7. The van der Waals surface area contributed by atoms with E-state index in [1.54, 1.807) is 42.5 Å². The summed E-state index contributed by atoms with van der Waals surface area (Å²) in [5.41, 5.74) is 3.47. The molecule has 2 N–H and O–H groups in total. The second-order valence-corrected chi connectivity index (χ2v) is 7.38. The molecule has 0 aliphatic rings. The minimum absolute atomic E-state index is 0.181. The third-order valence-electron chi connectivity index (χ3n) is 4.54. The molecule has 0 fully saturated rings. The molecule has 2 amide bonds. The Hall–Kier alpha value is -3.51. The van der Waals surface area contributed by atoms with E-state index in [0.717, 1.165) is 11.1 Å². The molecule has 0 aliphatic carbocycles. The molecule has 0 heterocycles. The van der Waals surface area contributed by atoms with Crippen LogP contribution in [0.2, 0.25) is 5.02 Å². The van der Waals surface area contributed by atoms with Crippen molar-refractivity contribution in [3.63, 3.8) is 0 Å². The molecule has 0 aromatic heterocycles. The predicted octanol–water partition coefficient (Wildman–Crippen LogP) is 5.45. The summed E-state index contributed by atoms with van der Waals surface area (Å²) in [5, 5.41) is 6.24. The fraction of sp³-hybridized carbons (Fsp3) is 0.167. The van der Waals surface area contributed by atoms with Crippen LogP contribution in [0.1, 0.15) is 28.4 Å². The summed E-state index contributed by atoms with van der Waals surface area (Å²) in [6, 6.07) is 17.7. The normalized spacial score (nSPS) is 10.3. The van der Waals surface area contributed by atoms with Gasteiger partial charge >= 0.3 is 0 Å². The van der Waals surface area contributed by atoms with Gasteiger partial charge in [0.05, 0.1) is 7.11 Å². The third kappa shape index (κ3) is 5.99. The Morgan fingerprint density at radius 1 is 0.935 bits per heavy atom. The van der Waals surface area contributed by atoms with Crippen molar-refractivity contribution in [3.8, 4) is 11.5 Å². The highest BCUT2D eigenvalue weighted by Crippen LogP contribution is 2.30. The zero-order chi connectivity index (χ0) is 22.4. The fourth-order valence-electron chi connectivity index (χ4n) is 2.90. The first kappa shape index (κ1) is 22.2. The van der Waals surface area contributed by atoms with E-state index in [1.807, 2.05) is 25.1 Å². The summed E-state index contributed by atoms with van der Waals surface area (Å²) in [4.78, 5) is 24.1. The predicted molar refractivity (Wildman–Crippen MR) is 122 cm³/mol. The number of methoxy groups -OCH3 is 1. The second-order valence-electron chi connectivity index (χ2n) is 6.95. The fourth-order valence-corrected chi connectivity index (χ4v) is 3.03. The SMILES string of the molecule is COc1cc(C(=O)Nc2cc(NC(C)=O)ccc2C)ccc1OCc1ccc(Cl)cc1. The molecule has 0 aliphatic heterocycles. The summed E-state index contributed by atoms with van der Waals surface area (Å²) in [7, 11) is 1.52. The molecule has 0 spiro atoms. The monoisotopic (exact) mass is 438 g/mol. The van der Waals surface area contributed by atoms with E-state index < -0.39 is 0 Å². The molecule has 0 unspecified atom stereocenters. The minimum Gasteiger partial charge on any atom is -0.493 e. The minimum atomic E-state index is -0.300. The van der Waals surface area contributed by atoms with Crippen molar-refractivity contribution in [2.24, 2.45) is 0 Å². The van der Waals surface area contributed by atoms with Gasteiger partial charge in [0.25, 0.3) is 5.91 Å². The zero-order valence-corrected chi connectivity index (χ0v) is 18.2. The number of hydrogen-bond donors (Lipinski definition) is 2. The van der Waals surface area contributed by atoms with Crippen LogP contribution < -0.4 is 20.1 Å². The van der Waals surface area contributed by atoms with Crippen LogP contribution in [0, 0.1) is 6.92 Å². The number of halogens is 1. The van der Waals surface area contributed by atoms with Gasteiger partial charge in [-0.3, -0.25) is 9.59 Å². The first-order valence-electron chi connectivity index (χ1n) is 9.60. The maximum Gasteiger partial charge on any atom is 0.255 e. The first-order valence-corrected chi connectivity index (χ1v) is 9.98. The molecule has 3 rings (SSSR count). The number of amides is 2. The number of nitrogens with one attached hydrogen (secondary N) is 2. The maximum atomic E-state index is 12.8. The summed E-state index contributed by atoms with van der Waals surface area (Å²) in [5.74, 6) is 0.494. The van der Waals surface area contributed by atoms with Crippen molar-refractivity contribution in [1.82, 2.24) is 0 Å². The van der Waals surface area contributed by atoms with Crippen LogP contribution in [0.4, 0.5) is 11.4 Å². The molecule has 31 heavy (non-hydrogen) atoms. The standard InChI is InChI=1S/C24H23ClN2O4/c1-15-4-10-20(26-16(2)28)13-21(15)27-24(29)18-7-11-22(23(12-18)30-3)31-14-17-5-8-19(25)9-6-17/h4-13H,14H2,1-3H3,(H,26,28)(H,27,29). The van der Waals surface area contributed by atoms with Crippen LogP contribution in [-0.4, -0.2) is 18.9 Å². The largest absolute Gasteiger partial charge is 0.493 e. The van der Waals surface area contributed by atoms with Crippen LogP contribution in [0.3, 0.4) is 0 Å². The number of hydrogen-bond acceptors (Lipinski definition) is 4. The van der Waals surface area contributed by atoms with Crippen molar-refractivity contribution >= 4 is 34.8 Å². The van der Waals surface area contributed by atoms with E-state index >= 15 is 0 Å². The van der Waals surface area contributed by atoms with E-state index in [-0.39, 0.29) is 11.8 Å². The molecule has 3 aromatic carbocycles. The first-order chi connectivity index (χ1) is 14.9. The molecule has 3 aromatic rings. The molecular weight excluding hydrogens is 416 g/mol. The van der Waals surface area contributed by atoms with Gasteiger partial charge in [0, 0.05) is 28.9 Å². The third-order valence-corrected chi connectivity index (χ3v) is 4.79. The lowest BCUT2D eigenvalue weighted by Crippen LogP contribution is -2.14. The van der Waals surface area contributed by atoms with Gasteiger partial charge in [-0.15, -0.1) is 0 Å². The molecule has 0 atom stereocenters. The van der Waals surface area contributed by atoms with Gasteiger partial charge in [-0.25, -0.2) is 0 Å². The van der Waals surface area contributed by atoms with Crippen molar-refractivity contribution in [2.75, 3.05) is 17.7 Å². The Labute approximate surface area is 186 Å². The van der Waals surface area contributed by atoms with Gasteiger partial charge in [0.15, 0.2) is 11.5 Å². The van der Waals surface area contributed by atoms with Crippen LogP contribution in [0.25, 0.3) is 0 Å². The van der Waals surface area contributed by atoms with E-state index in [1.165, 1.54) is 14.0 Å². The van der Waals surface area contributed by atoms with Gasteiger partial charge in [-0.1, -0.05) is 29.8 Å². The van der Waals surface area contributed by atoms with Gasteiger partial charge < -0.3 is 20.1 Å². The van der Waals surface area contributed by atoms with Gasteiger partial charge in [-0.2, -0.15) is 0 Å². The van der Waals surface area contributed by atoms with Crippen molar-refractivity contribution in [2.45, 2.75) is 20.5 Å². The molecule has 0 saturated heterocycles. The average Bonchev–Trinajstić information content (AvgIpc) is 2.75. The maximum absolute atomic E-state index is 12.8. The second kappa shape index (κ2) is 10.00. The number of ether oxygens (including phenoxy) is 2. The Kier molecular flexibility index (Phi) is 7.15. The lowest BCUT2D eigenvalue weighted by molar-refractivity contribution is -0.114. The number of carbonyl (C=O) groups is 2. The topological polar surface area (TPSA) is 76.7 Å². The quantitative estimate of drug-likeness (QED) is 0.514. The Balaban J connectivity index is 1.73. The number of anilines is 2. The Morgan fingerprint density at radius 3 is 2.35 bits per heavy atom. The Bertz CT molecular complexity index is 1100. The van der Waals surface area contributed by atoms with Crippen LogP contribution in [-0.2, 0) is 11.4 Å². The summed E-state index contributed by atoms with van der Waals surface area (Å²) < 4.78 is 11.2. The summed E-state index contributed by atoms with van der Waals surface area (Å²) in [6.07, 6.45) is 0. The van der Waals surface area contributed by atoms with Gasteiger partial charge in [0.1, 0.15) is 6.61 Å². The van der Waals surface area contributed by atoms with E-state index in [2.05, 4.69) is 10.6 Å². The molecular formula is C24H23ClN2O4. The molecule has 0 bridgehead atoms. The highest BCUT2D eigenvalue weighted by atomic mass is 35.5. The number of benzene rings is 3. The Morgan fingerprint density at radius 2 is 1.68 bits per heavy atom. The van der Waals surface area contributed by atoms with Crippen molar-refractivity contribution < 1.29 is 19.1 Å². The number of carbonyl (C=O) groups excluding carboxylic acids is 2. The van der Waals surface area contributed by atoms with Crippen LogP contribution in [0.15, 0.2) is 60.7 Å². The van der Waals surface area contributed by atoms with Crippen LogP contribution in [0.5, 0.6) is 11.5 Å². The lowest BCUT2D eigenvalue weighted by Gasteiger charge is -2.14. The van der Waals surface area contributed by atoms with Gasteiger partial charge in [-0.05, 0) is 60.5 Å².